The Morgan fingerprint density at radius 3 is 2.80 bits per heavy atom. The van der Waals surface area contributed by atoms with Gasteiger partial charge in [-0.15, -0.1) is 0 Å². The maximum absolute atomic E-state index is 11.5. The van der Waals surface area contributed by atoms with E-state index in [0.29, 0.717) is 17.3 Å². The molecule has 2 atom stereocenters. The summed E-state index contributed by atoms with van der Waals surface area (Å²) in [6, 6.07) is 5.97. The second kappa shape index (κ2) is 6.64. The number of carbonyl (C=O) groups is 1. The topological polar surface area (TPSA) is 64.3 Å². The van der Waals surface area contributed by atoms with E-state index in [9.17, 15) is 4.79 Å². The lowest BCUT2D eigenvalue weighted by Gasteiger charge is -2.32. The Hall–Kier alpha value is -1.71. The number of hydrogen-bond acceptors (Lipinski definition) is 4. The molecule has 0 bridgehead atoms. The van der Waals surface area contributed by atoms with Crippen LogP contribution in [0.4, 0.5) is 11.4 Å². The maximum Gasteiger partial charge on any atom is 0.339 e. The smallest absolute Gasteiger partial charge is 0.339 e. The Balaban J connectivity index is 2.09. The minimum absolute atomic E-state index is 0.391. The Labute approximate surface area is 120 Å². The summed E-state index contributed by atoms with van der Waals surface area (Å²) in [5, 5.41) is 3.57. The number of rotatable bonds is 4. The molecule has 20 heavy (non-hydrogen) atoms. The Morgan fingerprint density at radius 1 is 1.40 bits per heavy atom. The number of carbonyl (C=O) groups excluding carboxylic acids is 1. The van der Waals surface area contributed by atoms with Crippen molar-refractivity contribution in [1.29, 1.82) is 0 Å². The van der Waals surface area contributed by atoms with Crippen LogP contribution in [0.1, 0.15) is 49.4 Å². The van der Waals surface area contributed by atoms with Crippen LogP contribution >= 0.6 is 0 Å². The van der Waals surface area contributed by atoms with E-state index < -0.39 is 5.97 Å². The molecule has 1 saturated carbocycles. The molecule has 0 heterocycles. The second-order valence-electron chi connectivity index (χ2n) is 5.50. The van der Waals surface area contributed by atoms with Crippen LogP contribution < -0.4 is 11.1 Å². The van der Waals surface area contributed by atoms with Gasteiger partial charge in [-0.2, -0.15) is 0 Å². The van der Waals surface area contributed by atoms with Crippen molar-refractivity contribution in [1.82, 2.24) is 0 Å². The molecule has 0 saturated heterocycles. The van der Waals surface area contributed by atoms with Gasteiger partial charge in [0, 0.05) is 17.4 Å². The van der Waals surface area contributed by atoms with Crippen LogP contribution in [0.5, 0.6) is 0 Å². The molecule has 1 aliphatic rings. The standard InChI is InChI=1S/C16H24N2O2/c1-3-11-6-4-5-7-15(11)18-12-8-9-13(14(17)10-12)16(19)20-2/h8-11,15,18H,3-7,17H2,1-2H3. The predicted molar refractivity (Wildman–Crippen MR) is 81.9 cm³/mol. The van der Waals surface area contributed by atoms with E-state index in [2.05, 4.69) is 12.2 Å². The number of anilines is 2. The van der Waals surface area contributed by atoms with Gasteiger partial charge < -0.3 is 15.8 Å². The first-order chi connectivity index (χ1) is 9.65. The molecular weight excluding hydrogens is 252 g/mol. The summed E-state index contributed by atoms with van der Waals surface area (Å²) in [6.07, 6.45) is 6.32. The average molecular weight is 276 g/mol. The fraction of sp³-hybridized carbons (Fsp3) is 0.562. The highest BCUT2D eigenvalue weighted by atomic mass is 16.5. The van der Waals surface area contributed by atoms with Crippen molar-refractivity contribution >= 4 is 17.3 Å². The van der Waals surface area contributed by atoms with Crippen molar-refractivity contribution in [2.75, 3.05) is 18.2 Å². The van der Waals surface area contributed by atoms with Crippen molar-refractivity contribution in [3.05, 3.63) is 23.8 Å². The number of nitrogen functional groups attached to an aromatic ring is 1. The van der Waals surface area contributed by atoms with Gasteiger partial charge in [0.15, 0.2) is 0 Å². The molecule has 1 aromatic carbocycles. The minimum atomic E-state index is -0.391. The van der Waals surface area contributed by atoms with Gasteiger partial charge in [-0.1, -0.05) is 26.2 Å². The van der Waals surface area contributed by atoms with Crippen molar-refractivity contribution in [3.63, 3.8) is 0 Å². The highest BCUT2D eigenvalue weighted by Gasteiger charge is 2.23. The molecule has 4 nitrogen and oxygen atoms in total. The maximum atomic E-state index is 11.5. The molecule has 1 aromatic rings. The van der Waals surface area contributed by atoms with Crippen LogP contribution in [0, 0.1) is 5.92 Å². The lowest BCUT2D eigenvalue weighted by molar-refractivity contribution is 0.0602. The van der Waals surface area contributed by atoms with E-state index >= 15 is 0 Å². The third-order valence-corrected chi connectivity index (χ3v) is 4.24. The Bertz CT molecular complexity index is 474. The first-order valence-electron chi connectivity index (χ1n) is 7.40. The van der Waals surface area contributed by atoms with Crippen molar-refractivity contribution < 1.29 is 9.53 Å². The summed E-state index contributed by atoms with van der Waals surface area (Å²) in [7, 11) is 1.36. The molecule has 1 aliphatic carbocycles. The lowest BCUT2D eigenvalue weighted by atomic mass is 9.83. The molecule has 110 valence electrons. The van der Waals surface area contributed by atoms with E-state index in [1.807, 2.05) is 12.1 Å². The molecule has 2 rings (SSSR count). The number of hydrogen-bond donors (Lipinski definition) is 2. The summed E-state index contributed by atoms with van der Waals surface area (Å²) in [5.41, 5.74) is 7.80. The van der Waals surface area contributed by atoms with E-state index in [1.165, 1.54) is 39.2 Å². The zero-order chi connectivity index (χ0) is 14.5. The monoisotopic (exact) mass is 276 g/mol. The van der Waals surface area contributed by atoms with Crippen LogP contribution in [0.15, 0.2) is 18.2 Å². The van der Waals surface area contributed by atoms with Gasteiger partial charge in [-0.05, 0) is 37.0 Å². The quantitative estimate of drug-likeness (QED) is 0.653. The molecular formula is C16H24N2O2. The summed E-state index contributed by atoms with van der Waals surface area (Å²) in [5.74, 6) is 0.336. The van der Waals surface area contributed by atoms with Crippen LogP contribution in [0.25, 0.3) is 0 Å². The predicted octanol–water partition coefficient (Wildman–Crippen LogP) is 3.44. The lowest BCUT2D eigenvalue weighted by Crippen LogP contribution is -2.31. The molecule has 1 fully saturated rings. The van der Waals surface area contributed by atoms with Gasteiger partial charge >= 0.3 is 5.97 Å². The fourth-order valence-corrected chi connectivity index (χ4v) is 3.05. The zero-order valence-corrected chi connectivity index (χ0v) is 12.3. The Morgan fingerprint density at radius 2 is 2.15 bits per heavy atom. The summed E-state index contributed by atoms with van der Waals surface area (Å²) >= 11 is 0. The van der Waals surface area contributed by atoms with Crippen LogP contribution in [0.2, 0.25) is 0 Å². The van der Waals surface area contributed by atoms with Gasteiger partial charge in [-0.25, -0.2) is 4.79 Å². The normalized spacial score (nSPS) is 22.3. The molecule has 4 heteroatoms. The van der Waals surface area contributed by atoms with Crippen LogP contribution in [0.3, 0.4) is 0 Å². The first-order valence-corrected chi connectivity index (χ1v) is 7.40. The summed E-state index contributed by atoms with van der Waals surface area (Å²) in [4.78, 5) is 11.5. The van der Waals surface area contributed by atoms with Gasteiger partial charge in [0.1, 0.15) is 0 Å². The van der Waals surface area contributed by atoms with Crippen molar-refractivity contribution in [3.8, 4) is 0 Å². The number of esters is 1. The van der Waals surface area contributed by atoms with E-state index in [1.54, 1.807) is 6.07 Å². The molecule has 3 N–H and O–H groups in total. The minimum Gasteiger partial charge on any atom is -0.465 e. The van der Waals surface area contributed by atoms with Gasteiger partial charge in [0.2, 0.25) is 0 Å². The third-order valence-electron chi connectivity index (χ3n) is 4.24. The summed E-state index contributed by atoms with van der Waals surface area (Å²) < 4.78 is 4.70. The molecule has 0 spiro atoms. The van der Waals surface area contributed by atoms with E-state index in [4.69, 9.17) is 10.5 Å². The largest absolute Gasteiger partial charge is 0.465 e. The van der Waals surface area contributed by atoms with Crippen LogP contribution in [-0.2, 0) is 4.74 Å². The van der Waals surface area contributed by atoms with Crippen LogP contribution in [-0.4, -0.2) is 19.1 Å². The molecule has 0 aromatic heterocycles. The summed E-state index contributed by atoms with van der Waals surface area (Å²) in [6.45, 7) is 2.25. The molecule has 0 radical (unpaired) electrons. The number of methoxy groups -OCH3 is 1. The zero-order valence-electron chi connectivity index (χ0n) is 12.3. The number of nitrogens with one attached hydrogen (secondary N) is 1. The van der Waals surface area contributed by atoms with Gasteiger partial charge in [0.25, 0.3) is 0 Å². The first kappa shape index (κ1) is 14.7. The second-order valence-corrected chi connectivity index (χ2v) is 5.50. The number of ether oxygens (including phenoxy) is 1. The number of benzene rings is 1. The Kier molecular flexibility index (Phi) is 4.88. The van der Waals surface area contributed by atoms with E-state index in [-0.39, 0.29) is 0 Å². The number of nitrogens with two attached hydrogens (primary N) is 1. The van der Waals surface area contributed by atoms with E-state index in [0.717, 1.165) is 11.6 Å². The van der Waals surface area contributed by atoms with Gasteiger partial charge in [0.05, 0.1) is 12.7 Å². The highest BCUT2D eigenvalue weighted by molar-refractivity contribution is 5.95. The van der Waals surface area contributed by atoms with Crippen molar-refractivity contribution in [2.45, 2.75) is 45.1 Å². The fourth-order valence-electron chi connectivity index (χ4n) is 3.05. The molecule has 2 unspecified atom stereocenters. The SMILES string of the molecule is CCC1CCCCC1Nc1ccc(C(=O)OC)c(N)c1. The highest BCUT2D eigenvalue weighted by Crippen LogP contribution is 2.30. The van der Waals surface area contributed by atoms with Crippen molar-refractivity contribution in [2.24, 2.45) is 5.92 Å². The third kappa shape index (κ3) is 3.24. The molecule has 0 aliphatic heterocycles. The molecule has 0 amide bonds. The van der Waals surface area contributed by atoms with Gasteiger partial charge in [-0.3, -0.25) is 0 Å². The average Bonchev–Trinajstić information content (AvgIpc) is 2.47.